The summed E-state index contributed by atoms with van der Waals surface area (Å²) in [6, 6.07) is -0.0721. The molecule has 1 aromatic rings. The van der Waals surface area contributed by atoms with Gasteiger partial charge < -0.3 is 20.4 Å². The summed E-state index contributed by atoms with van der Waals surface area (Å²) < 4.78 is 5.68. The van der Waals surface area contributed by atoms with Crippen molar-refractivity contribution in [3.05, 3.63) is 34.1 Å². The fraction of sp³-hybridized carbons (Fsp3) is 0.500. The highest BCUT2D eigenvalue weighted by Crippen LogP contribution is 2.29. The van der Waals surface area contributed by atoms with E-state index in [0.29, 0.717) is 29.6 Å². The second kappa shape index (κ2) is 7.31. The van der Waals surface area contributed by atoms with Gasteiger partial charge in [0.25, 0.3) is 5.91 Å². The third kappa shape index (κ3) is 3.80. The number of hydrogen-bond acceptors (Lipinski definition) is 3. The summed E-state index contributed by atoms with van der Waals surface area (Å²) in [4.78, 5) is 15.2. The second-order valence-electron chi connectivity index (χ2n) is 4.99. The van der Waals surface area contributed by atoms with E-state index in [0.717, 1.165) is 13.0 Å². The quantitative estimate of drug-likeness (QED) is 0.725. The van der Waals surface area contributed by atoms with E-state index in [-0.39, 0.29) is 23.1 Å². The molecule has 1 aromatic heterocycles. The zero-order valence-corrected chi connectivity index (χ0v) is 13.4. The number of nitrogens with one attached hydrogen (secondary N) is 3. The maximum atomic E-state index is 12.3. The van der Waals surface area contributed by atoms with Gasteiger partial charge in [-0.1, -0.05) is 29.3 Å². The van der Waals surface area contributed by atoms with Crippen LogP contribution in [0.2, 0.25) is 10.0 Å². The van der Waals surface area contributed by atoms with Gasteiger partial charge in [0.2, 0.25) is 0 Å². The van der Waals surface area contributed by atoms with Crippen LogP contribution in [0.3, 0.4) is 0 Å². The number of ether oxygens (including phenoxy) is 1. The van der Waals surface area contributed by atoms with E-state index < -0.39 is 0 Å². The lowest BCUT2D eigenvalue weighted by Gasteiger charge is -2.32. The first-order valence-corrected chi connectivity index (χ1v) is 7.57. The van der Waals surface area contributed by atoms with Crippen molar-refractivity contribution in [2.45, 2.75) is 25.5 Å². The topological polar surface area (TPSA) is 66.2 Å². The summed E-state index contributed by atoms with van der Waals surface area (Å²) in [5, 5.41) is 6.84. The minimum absolute atomic E-state index is 0.0721. The fourth-order valence-electron chi connectivity index (χ4n) is 2.33. The molecule has 0 unspecified atom stereocenters. The lowest BCUT2D eigenvalue weighted by atomic mass is 10.0. The van der Waals surface area contributed by atoms with Gasteiger partial charge in [-0.25, -0.2) is 0 Å². The van der Waals surface area contributed by atoms with Crippen molar-refractivity contribution in [1.82, 2.24) is 15.6 Å². The average Bonchev–Trinajstić information content (AvgIpc) is 2.74. The van der Waals surface area contributed by atoms with Crippen LogP contribution >= 0.6 is 23.2 Å². The number of rotatable bonds is 5. The van der Waals surface area contributed by atoms with Gasteiger partial charge in [0, 0.05) is 12.2 Å². The van der Waals surface area contributed by atoms with E-state index in [4.69, 9.17) is 27.9 Å². The van der Waals surface area contributed by atoms with Crippen LogP contribution in [0.5, 0.6) is 0 Å². The predicted octanol–water partition coefficient (Wildman–Crippen LogP) is 2.29. The Morgan fingerprint density at radius 2 is 2.29 bits per heavy atom. The molecule has 1 fully saturated rings. The number of carbonyl (C=O) groups is 1. The normalized spacial score (nSPS) is 22.0. The van der Waals surface area contributed by atoms with Crippen molar-refractivity contribution in [2.24, 2.45) is 0 Å². The smallest absolute Gasteiger partial charge is 0.269 e. The summed E-state index contributed by atoms with van der Waals surface area (Å²) in [7, 11) is 0. The van der Waals surface area contributed by atoms with Gasteiger partial charge in [-0.15, -0.1) is 6.58 Å². The number of amides is 1. The Hall–Kier alpha value is -1.01. The zero-order valence-electron chi connectivity index (χ0n) is 11.8. The van der Waals surface area contributed by atoms with Crippen LogP contribution in [0.15, 0.2) is 12.7 Å². The number of aryl methyl sites for hydroxylation is 1. The molecule has 2 heterocycles. The van der Waals surface area contributed by atoms with Gasteiger partial charge in [-0.3, -0.25) is 4.79 Å². The van der Waals surface area contributed by atoms with E-state index in [2.05, 4.69) is 22.2 Å². The molecule has 2 rings (SSSR count). The Balaban J connectivity index is 2.05. The molecule has 0 spiro atoms. The second-order valence-corrected chi connectivity index (χ2v) is 5.74. The Labute approximate surface area is 134 Å². The Bertz CT molecular complexity index is 531. The van der Waals surface area contributed by atoms with E-state index in [1.165, 1.54) is 0 Å². The fourth-order valence-corrected chi connectivity index (χ4v) is 2.75. The minimum Gasteiger partial charge on any atom is -0.371 e. The number of aromatic nitrogens is 1. The largest absolute Gasteiger partial charge is 0.371 e. The molecular formula is C14H19Cl2N3O2. The van der Waals surface area contributed by atoms with E-state index in [1.54, 1.807) is 13.0 Å². The first kappa shape index (κ1) is 16.4. The highest BCUT2D eigenvalue weighted by molar-refractivity contribution is 6.44. The number of piperidine rings is 1. The first-order chi connectivity index (χ1) is 10.0. The van der Waals surface area contributed by atoms with Gasteiger partial charge in [-0.05, 0) is 19.9 Å². The molecule has 3 N–H and O–H groups in total. The van der Waals surface area contributed by atoms with Gasteiger partial charge >= 0.3 is 0 Å². The maximum Gasteiger partial charge on any atom is 0.269 e. The predicted molar refractivity (Wildman–Crippen MR) is 84.2 cm³/mol. The number of carbonyl (C=O) groups excluding carboxylic acids is 1. The van der Waals surface area contributed by atoms with Crippen molar-refractivity contribution in [3.8, 4) is 0 Å². The molecule has 1 saturated heterocycles. The Kier molecular flexibility index (Phi) is 5.70. The van der Waals surface area contributed by atoms with Crippen LogP contribution in [-0.4, -0.2) is 42.7 Å². The number of hydrogen-bond donors (Lipinski definition) is 3. The minimum atomic E-state index is -0.269. The van der Waals surface area contributed by atoms with Gasteiger partial charge in [0.05, 0.1) is 28.8 Å². The number of aromatic amines is 1. The average molecular weight is 332 g/mol. The van der Waals surface area contributed by atoms with Gasteiger partial charge in [0.1, 0.15) is 5.69 Å². The molecule has 2 atom stereocenters. The van der Waals surface area contributed by atoms with Gasteiger partial charge in [0.15, 0.2) is 0 Å². The third-order valence-electron chi connectivity index (χ3n) is 3.45. The summed E-state index contributed by atoms with van der Waals surface area (Å²) in [6.07, 6.45) is 2.39. The van der Waals surface area contributed by atoms with Crippen LogP contribution in [-0.2, 0) is 4.74 Å². The van der Waals surface area contributed by atoms with Crippen LogP contribution < -0.4 is 10.6 Å². The molecular weight excluding hydrogens is 313 g/mol. The molecule has 116 valence electrons. The Morgan fingerprint density at radius 3 is 2.90 bits per heavy atom. The van der Waals surface area contributed by atoms with Crippen molar-refractivity contribution in [2.75, 3.05) is 19.7 Å². The molecule has 21 heavy (non-hydrogen) atoms. The van der Waals surface area contributed by atoms with Crippen molar-refractivity contribution < 1.29 is 9.53 Å². The molecule has 0 saturated carbocycles. The molecule has 5 nitrogen and oxygen atoms in total. The van der Waals surface area contributed by atoms with E-state index in [9.17, 15) is 4.79 Å². The van der Waals surface area contributed by atoms with Crippen LogP contribution in [0.1, 0.15) is 22.6 Å². The van der Waals surface area contributed by atoms with Crippen LogP contribution in [0, 0.1) is 6.92 Å². The standard InChI is InChI=1S/C14H19Cl2N3O2/c1-3-6-21-10-7-17-5-4-9(10)19-14(20)13-12(16)11(15)8(2)18-13/h3,9-10,17-18H,1,4-7H2,2H3,(H,19,20)/t9-,10-/m1/s1. The SMILES string of the molecule is C=CCO[C@@H]1CNCC[C@H]1NC(=O)c1[nH]c(C)c(Cl)c1Cl. The van der Waals surface area contributed by atoms with E-state index in [1.807, 2.05) is 0 Å². The summed E-state index contributed by atoms with van der Waals surface area (Å²) in [6.45, 7) is 7.38. The molecule has 1 amide bonds. The lowest BCUT2D eigenvalue weighted by Crippen LogP contribution is -2.53. The molecule has 1 aliphatic heterocycles. The van der Waals surface area contributed by atoms with Crippen LogP contribution in [0.4, 0.5) is 0 Å². The van der Waals surface area contributed by atoms with Crippen molar-refractivity contribution >= 4 is 29.1 Å². The molecule has 1 aliphatic rings. The first-order valence-electron chi connectivity index (χ1n) is 6.82. The molecule has 0 radical (unpaired) electrons. The third-order valence-corrected chi connectivity index (χ3v) is 4.40. The van der Waals surface area contributed by atoms with Crippen molar-refractivity contribution in [3.63, 3.8) is 0 Å². The zero-order chi connectivity index (χ0) is 15.4. The number of halogens is 2. The Morgan fingerprint density at radius 1 is 1.52 bits per heavy atom. The van der Waals surface area contributed by atoms with Gasteiger partial charge in [-0.2, -0.15) is 0 Å². The van der Waals surface area contributed by atoms with Crippen molar-refractivity contribution in [1.29, 1.82) is 0 Å². The molecule has 0 aromatic carbocycles. The van der Waals surface area contributed by atoms with E-state index >= 15 is 0 Å². The highest BCUT2D eigenvalue weighted by atomic mass is 35.5. The number of H-pyrrole nitrogens is 1. The summed E-state index contributed by atoms with van der Waals surface area (Å²) in [5.74, 6) is -0.269. The summed E-state index contributed by atoms with van der Waals surface area (Å²) in [5.41, 5.74) is 0.969. The monoisotopic (exact) mass is 331 g/mol. The molecule has 7 heteroatoms. The summed E-state index contributed by atoms with van der Waals surface area (Å²) >= 11 is 12.1. The molecule has 0 bridgehead atoms. The van der Waals surface area contributed by atoms with Crippen LogP contribution in [0.25, 0.3) is 0 Å². The lowest BCUT2D eigenvalue weighted by molar-refractivity contribution is 0.0289. The maximum absolute atomic E-state index is 12.3. The molecule has 0 aliphatic carbocycles. The highest BCUT2D eigenvalue weighted by Gasteiger charge is 2.28.